The SMILES string of the molecule is Cn1cnc2c(=O)n(-c3ccc(F)cc3)c(Cc3cccc(F)c3F)nc21. The molecule has 27 heavy (non-hydrogen) atoms. The summed E-state index contributed by atoms with van der Waals surface area (Å²) in [4.78, 5) is 21.5. The molecule has 0 spiro atoms. The van der Waals surface area contributed by atoms with Crippen molar-refractivity contribution in [3.8, 4) is 5.69 Å². The summed E-state index contributed by atoms with van der Waals surface area (Å²) in [7, 11) is 1.68. The van der Waals surface area contributed by atoms with E-state index in [1.165, 1.54) is 47.3 Å². The second-order valence-corrected chi connectivity index (χ2v) is 6.06. The van der Waals surface area contributed by atoms with Gasteiger partial charge in [-0.3, -0.25) is 9.36 Å². The fourth-order valence-electron chi connectivity index (χ4n) is 2.93. The number of fused-ring (bicyclic) bond motifs is 1. The van der Waals surface area contributed by atoms with Gasteiger partial charge in [-0.25, -0.2) is 23.1 Å². The first-order valence-electron chi connectivity index (χ1n) is 8.07. The zero-order chi connectivity index (χ0) is 19.1. The average molecular weight is 370 g/mol. The molecule has 0 saturated heterocycles. The Kier molecular flexibility index (Phi) is 4.02. The highest BCUT2D eigenvalue weighted by Crippen LogP contribution is 2.18. The lowest BCUT2D eigenvalue weighted by atomic mass is 10.1. The van der Waals surface area contributed by atoms with E-state index in [0.717, 1.165) is 6.07 Å². The third-order valence-corrected chi connectivity index (χ3v) is 4.27. The number of nitrogens with zero attached hydrogens (tertiary/aromatic N) is 4. The van der Waals surface area contributed by atoms with Gasteiger partial charge in [-0.15, -0.1) is 0 Å². The fourth-order valence-corrected chi connectivity index (χ4v) is 2.93. The van der Waals surface area contributed by atoms with E-state index < -0.39 is 23.0 Å². The van der Waals surface area contributed by atoms with Crippen molar-refractivity contribution in [2.45, 2.75) is 6.42 Å². The van der Waals surface area contributed by atoms with Crippen LogP contribution in [-0.4, -0.2) is 19.1 Å². The van der Waals surface area contributed by atoms with Gasteiger partial charge in [0.25, 0.3) is 5.56 Å². The molecular weight excluding hydrogens is 357 g/mol. The molecule has 0 bridgehead atoms. The van der Waals surface area contributed by atoms with Crippen molar-refractivity contribution >= 4 is 11.2 Å². The minimum atomic E-state index is -0.998. The Hall–Kier alpha value is -3.42. The second-order valence-electron chi connectivity index (χ2n) is 6.06. The molecule has 0 aliphatic heterocycles. The van der Waals surface area contributed by atoms with E-state index in [0.29, 0.717) is 11.3 Å². The number of benzene rings is 2. The van der Waals surface area contributed by atoms with Crippen LogP contribution in [0.4, 0.5) is 13.2 Å². The lowest BCUT2D eigenvalue weighted by Crippen LogP contribution is -2.25. The lowest BCUT2D eigenvalue weighted by molar-refractivity contribution is 0.499. The highest BCUT2D eigenvalue weighted by atomic mass is 19.2. The summed E-state index contributed by atoms with van der Waals surface area (Å²) in [5.74, 6) is -2.25. The molecular formula is C19H13F3N4O. The molecule has 0 aliphatic rings. The summed E-state index contributed by atoms with van der Waals surface area (Å²) < 4.78 is 43.8. The molecule has 0 unspecified atom stereocenters. The Bertz CT molecular complexity index is 1210. The highest BCUT2D eigenvalue weighted by molar-refractivity contribution is 5.70. The lowest BCUT2D eigenvalue weighted by Gasteiger charge is -2.13. The molecule has 4 rings (SSSR count). The standard InChI is InChI=1S/C19H13F3N4O/c1-25-10-23-17-18(25)24-15(9-11-3-2-4-14(21)16(11)22)26(19(17)27)13-7-5-12(20)6-8-13/h2-8,10H,9H2,1H3. The number of hydrogen-bond acceptors (Lipinski definition) is 3. The van der Waals surface area contributed by atoms with Crippen molar-refractivity contribution < 1.29 is 13.2 Å². The van der Waals surface area contributed by atoms with E-state index in [2.05, 4.69) is 9.97 Å². The van der Waals surface area contributed by atoms with E-state index in [1.54, 1.807) is 11.6 Å². The molecule has 0 amide bonds. The van der Waals surface area contributed by atoms with Crippen LogP contribution < -0.4 is 5.56 Å². The van der Waals surface area contributed by atoms with Gasteiger partial charge < -0.3 is 4.57 Å². The number of imidazole rings is 1. The molecule has 0 fully saturated rings. The second kappa shape index (κ2) is 6.39. The third kappa shape index (κ3) is 2.88. The van der Waals surface area contributed by atoms with Crippen molar-refractivity contribution in [1.82, 2.24) is 19.1 Å². The summed E-state index contributed by atoms with van der Waals surface area (Å²) in [6.45, 7) is 0. The Morgan fingerprint density at radius 3 is 2.52 bits per heavy atom. The van der Waals surface area contributed by atoms with Gasteiger partial charge in [-0.1, -0.05) is 12.1 Å². The Labute approximate surface area is 151 Å². The van der Waals surface area contributed by atoms with E-state index in [-0.39, 0.29) is 23.3 Å². The average Bonchev–Trinajstić information content (AvgIpc) is 3.02. The molecule has 0 aliphatic carbocycles. The smallest absolute Gasteiger partial charge is 0.286 e. The maximum Gasteiger partial charge on any atom is 0.286 e. The van der Waals surface area contributed by atoms with Crippen molar-refractivity contribution in [2.24, 2.45) is 7.05 Å². The number of aromatic nitrogens is 4. The van der Waals surface area contributed by atoms with Crippen LogP contribution in [-0.2, 0) is 13.5 Å². The van der Waals surface area contributed by atoms with Crippen LogP contribution in [0.5, 0.6) is 0 Å². The van der Waals surface area contributed by atoms with Gasteiger partial charge in [0.15, 0.2) is 22.8 Å². The molecule has 0 N–H and O–H groups in total. The molecule has 2 aromatic carbocycles. The molecule has 136 valence electrons. The largest absolute Gasteiger partial charge is 0.318 e. The first kappa shape index (κ1) is 17.0. The Balaban J connectivity index is 1.98. The van der Waals surface area contributed by atoms with Gasteiger partial charge in [0.1, 0.15) is 11.6 Å². The van der Waals surface area contributed by atoms with Crippen LogP contribution in [0, 0.1) is 17.5 Å². The summed E-state index contributed by atoms with van der Waals surface area (Å²) >= 11 is 0. The molecule has 8 heteroatoms. The molecule has 0 atom stereocenters. The normalized spacial score (nSPS) is 11.3. The van der Waals surface area contributed by atoms with E-state index >= 15 is 0 Å². The van der Waals surface area contributed by atoms with Gasteiger partial charge in [0.2, 0.25) is 0 Å². The molecule has 0 radical (unpaired) electrons. The van der Waals surface area contributed by atoms with E-state index in [1.807, 2.05) is 0 Å². The zero-order valence-corrected chi connectivity index (χ0v) is 14.2. The zero-order valence-electron chi connectivity index (χ0n) is 14.2. The highest BCUT2D eigenvalue weighted by Gasteiger charge is 2.18. The van der Waals surface area contributed by atoms with Gasteiger partial charge in [0, 0.05) is 13.5 Å². The summed E-state index contributed by atoms with van der Waals surface area (Å²) in [6.07, 6.45) is 1.32. The maximum atomic E-state index is 14.2. The topological polar surface area (TPSA) is 52.7 Å². The summed E-state index contributed by atoms with van der Waals surface area (Å²) in [5.41, 5.74) is 0.391. The minimum absolute atomic E-state index is 0.0549. The van der Waals surface area contributed by atoms with E-state index in [9.17, 15) is 18.0 Å². The Morgan fingerprint density at radius 2 is 1.78 bits per heavy atom. The Morgan fingerprint density at radius 1 is 1.04 bits per heavy atom. The molecule has 5 nitrogen and oxygen atoms in total. The van der Waals surface area contributed by atoms with Crippen molar-refractivity contribution in [1.29, 1.82) is 0 Å². The van der Waals surface area contributed by atoms with Gasteiger partial charge in [0.05, 0.1) is 12.0 Å². The first-order chi connectivity index (χ1) is 13.0. The van der Waals surface area contributed by atoms with Crippen LogP contribution in [0.15, 0.2) is 53.6 Å². The van der Waals surface area contributed by atoms with Gasteiger partial charge >= 0.3 is 0 Å². The summed E-state index contributed by atoms with van der Waals surface area (Å²) in [5, 5.41) is 0. The number of halogens is 3. The predicted octanol–water partition coefficient (Wildman–Crippen LogP) is 3.13. The van der Waals surface area contributed by atoms with Gasteiger partial charge in [-0.2, -0.15) is 0 Å². The van der Waals surface area contributed by atoms with Gasteiger partial charge in [-0.05, 0) is 35.9 Å². The molecule has 2 aromatic heterocycles. The first-order valence-corrected chi connectivity index (χ1v) is 8.07. The molecule has 4 aromatic rings. The van der Waals surface area contributed by atoms with Crippen molar-refractivity contribution in [2.75, 3.05) is 0 Å². The number of aryl methyl sites for hydroxylation is 1. The fraction of sp³-hybridized carbons (Fsp3) is 0.105. The maximum absolute atomic E-state index is 14.2. The molecule has 2 heterocycles. The van der Waals surface area contributed by atoms with Crippen molar-refractivity contribution in [3.05, 3.63) is 88.0 Å². The number of hydrogen-bond donors (Lipinski definition) is 0. The van der Waals surface area contributed by atoms with Crippen molar-refractivity contribution in [3.63, 3.8) is 0 Å². The summed E-state index contributed by atoms with van der Waals surface area (Å²) in [6, 6.07) is 9.07. The van der Waals surface area contributed by atoms with Crippen LogP contribution in [0.1, 0.15) is 11.4 Å². The third-order valence-electron chi connectivity index (χ3n) is 4.27. The van der Waals surface area contributed by atoms with Crippen LogP contribution in [0.3, 0.4) is 0 Å². The quantitative estimate of drug-likeness (QED) is 0.557. The van der Waals surface area contributed by atoms with Crippen LogP contribution >= 0.6 is 0 Å². The molecule has 0 saturated carbocycles. The minimum Gasteiger partial charge on any atom is -0.318 e. The van der Waals surface area contributed by atoms with E-state index in [4.69, 9.17) is 0 Å². The number of rotatable bonds is 3. The predicted molar refractivity (Wildman–Crippen MR) is 93.2 cm³/mol. The van der Waals surface area contributed by atoms with Crippen LogP contribution in [0.25, 0.3) is 16.9 Å². The van der Waals surface area contributed by atoms with Crippen LogP contribution in [0.2, 0.25) is 0 Å². The monoisotopic (exact) mass is 370 g/mol.